The van der Waals surface area contributed by atoms with Gasteiger partial charge in [0.15, 0.2) is 0 Å². The van der Waals surface area contributed by atoms with E-state index in [1.54, 1.807) is 6.92 Å². The summed E-state index contributed by atoms with van der Waals surface area (Å²) in [5.74, 6) is 5.91. The molecular formula is C12H23N7O2. The fourth-order valence-corrected chi connectivity index (χ4v) is 1.40. The van der Waals surface area contributed by atoms with Crippen molar-refractivity contribution in [2.24, 2.45) is 11.8 Å². The molecule has 0 radical (unpaired) electrons. The number of carbonyl (C=O) groups is 1. The predicted octanol–water partition coefficient (Wildman–Crippen LogP) is 0.128. The summed E-state index contributed by atoms with van der Waals surface area (Å²) in [5, 5.41) is 5.72. The molecule has 1 unspecified atom stereocenters. The van der Waals surface area contributed by atoms with E-state index in [9.17, 15) is 4.79 Å². The Hall–Kier alpha value is -2.16. The summed E-state index contributed by atoms with van der Waals surface area (Å²) in [6.07, 6.45) is 0. The lowest BCUT2D eigenvalue weighted by Gasteiger charge is -2.15. The lowest BCUT2D eigenvalue weighted by atomic mass is 10.2. The van der Waals surface area contributed by atoms with Gasteiger partial charge in [-0.25, -0.2) is 5.84 Å². The quantitative estimate of drug-likeness (QED) is 0.394. The van der Waals surface area contributed by atoms with E-state index in [1.165, 1.54) is 0 Å². The van der Waals surface area contributed by atoms with Crippen LogP contribution in [0.25, 0.3) is 0 Å². The number of nitrogens with zero attached hydrogens (tertiary/aromatic N) is 3. The van der Waals surface area contributed by atoms with Crippen molar-refractivity contribution in [2.45, 2.75) is 33.7 Å². The fourth-order valence-electron chi connectivity index (χ4n) is 1.40. The monoisotopic (exact) mass is 297 g/mol. The number of aromatic nitrogens is 3. The zero-order valence-corrected chi connectivity index (χ0v) is 12.8. The Morgan fingerprint density at radius 3 is 2.48 bits per heavy atom. The van der Waals surface area contributed by atoms with Gasteiger partial charge in [-0.1, -0.05) is 13.8 Å². The van der Waals surface area contributed by atoms with Crippen LogP contribution in [-0.2, 0) is 4.79 Å². The molecule has 0 saturated carbocycles. The number of nitrogen functional groups attached to an aromatic ring is 1. The Labute approximate surface area is 124 Å². The topological polar surface area (TPSA) is 127 Å². The molecule has 0 fully saturated rings. The number of anilines is 2. The fraction of sp³-hybridized carbons (Fsp3) is 0.667. The third kappa shape index (κ3) is 5.78. The van der Waals surface area contributed by atoms with Gasteiger partial charge in [0.25, 0.3) is 0 Å². The lowest BCUT2D eigenvalue weighted by molar-refractivity contribution is -0.121. The Morgan fingerprint density at radius 1 is 1.24 bits per heavy atom. The van der Waals surface area contributed by atoms with Crippen LogP contribution in [0.2, 0.25) is 0 Å². The molecule has 1 rings (SSSR count). The number of hydrogen-bond acceptors (Lipinski definition) is 8. The molecule has 0 aromatic carbocycles. The van der Waals surface area contributed by atoms with Crippen LogP contribution >= 0.6 is 0 Å². The van der Waals surface area contributed by atoms with E-state index < -0.39 is 6.04 Å². The summed E-state index contributed by atoms with van der Waals surface area (Å²) < 4.78 is 5.21. The molecule has 21 heavy (non-hydrogen) atoms. The zero-order chi connectivity index (χ0) is 15.8. The first kappa shape index (κ1) is 16.9. The third-order valence-electron chi connectivity index (χ3n) is 2.44. The van der Waals surface area contributed by atoms with E-state index in [0.717, 1.165) is 0 Å². The molecule has 9 nitrogen and oxygen atoms in total. The zero-order valence-electron chi connectivity index (χ0n) is 12.8. The standard InChI is InChI=1S/C12H23N7O2/c1-5-21-12-17-10(16-11(18-12)19-13)15-8(4)9(20)14-6-7(2)3/h7-8H,5-6,13H2,1-4H3,(H,14,20)(H2,15,16,17,18,19). The van der Waals surface area contributed by atoms with Gasteiger partial charge in [-0.3, -0.25) is 10.2 Å². The largest absolute Gasteiger partial charge is 0.464 e. The Balaban J connectivity index is 2.72. The summed E-state index contributed by atoms with van der Waals surface area (Å²) in [4.78, 5) is 23.9. The van der Waals surface area contributed by atoms with Crippen molar-refractivity contribution in [2.75, 3.05) is 23.9 Å². The normalized spacial score (nSPS) is 11.9. The number of nitrogens with one attached hydrogen (secondary N) is 3. The minimum Gasteiger partial charge on any atom is -0.464 e. The average Bonchev–Trinajstić information content (AvgIpc) is 2.44. The number of hydrogen-bond donors (Lipinski definition) is 4. The highest BCUT2D eigenvalue weighted by Crippen LogP contribution is 2.11. The maximum atomic E-state index is 11.9. The van der Waals surface area contributed by atoms with Gasteiger partial charge in [0, 0.05) is 6.54 Å². The predicted molar refractivity (Wildman–Crippen MR) is 79.7 cm³/mol. The maximum absolute atomic E-state index is 11.9. The van der Waals surface area contributed by atoms with Crippen molar-refractivity contribution >= 4 is 17.8 Å². The average molecular weight is 297 g/mol. The first-order chi connectivity index (χ1) is 9.96. The molecule has 1 atom stereocenters. The van der Waals surface area contributed by atoms with Gasteiger partial charge in [-0.05, 0) is 19.8 Å². The van der Waals surface area contributed by atoms with Gasteiger partial charge in [0.05, 0.1) is 6.61 Å². The smallest absolute Gasteiger partial charge is 0.323 e. The van der Waals surface area contributed by atoms with Gasteiger partial charge >= 0.3 is 6.01 Å². The summed E-state index contributed by atoms with van der Waals surface area (Å²) in [5.41, 5.74) is 2.33. The summed E-state index contributed by atoms with van der Waals surface area (Å²) >= 11 is 0. The number of ether oxygens (including phenoxy) is 1. The van der Waals surface area contributed by atoms with Crippen molar-refractivity contribution in [1.82, 2.24) is 20.3 Å². The molecule has 0 saturated heterocycles. The van der Waals surface area contributed by atoms with E-state index in [2.05, 4.69) is 31.0 Å². The van der Waals surface area contributed by atoms with Crippen LogP contribution < -0.4 is 26.6 Å². The maximum Gasteiger partial charge on any atom is 0.323 e. The molecule has 5 N–H and O–H groups in total. The summed E-state index contributed by atoms with van der Waals surface area (Å²) in [6.45, 7) is 8.61. The molecule has 0 bridgehead atoms. The first-order valence-corrected chi connectivity index (χ1v) is 6.86. The SMILES string of the molecule is CCOc1nc(NN)nc(NC(C)C(=O)NCC(C)C)n1. The van der Waals surface area contributed by atoms with E-state index >= 15 is 0 Å². The van der Waals surface area contributed by atoms with Gasteiger partial charge in [0.2, 0.25) is 17.8 Å². The number of hydrazine groups is 1. The molecule has 0 spiro atoms. The van der Waals surface area contributed by atoms with Crippen LogP contribution in [0.4, 0.5) is 11.9 Å². The van der Waals surface area contributed by atoms with Crippen molar-refractivity contribution in [3.8, 4) is 6.01 Å². The Kier molecular flexibility index (Phi) is 6.60. The van der Waals surface area contributed by atoms with E-state index in [1.807, 2.05) is 20.8 Å². The summed E-state index contributed by atoms with van der Waals surface area (Å²) in [6, 6.07) is -0.357. The van der Waals surface area contributed by atoms with E-state index in [0.29, 0.717) is 19.1 Å². The van der Waals surface area contributed by atoms with Crippen LogP contribution in [-0.4, -0.2) is 40.1 Å². The molecule has 1 heterocycles. The van der Waals surface area contributed by atoms with Gasteiger partial charge < -0.3 is 15.4 Å². The molecule has 1 aromatic heterocycles. The number of nitrogens with two attached hydrogens (primary N) is 1. The highest BCUT2D eigenvalue weighted by atomic mass is 16.5. The minimum atomic E-state index is -0.494. The number of rotatable bonds is 8. The van der Waals surface area contributed by atoms with Gasteiger partial charge in [-0.15, -0.1) is 0 Å². The van der Waals surface area contributed by atoms with Crippen LogP contribution in [0, 0.1) is 5.92 Å². The van der Waals surface area contributed by atoms with Crippen LogP contribution in [0.1, 0.15) is 27.7 Å². The molecule has 118 valence electrons. The van der Waals surface area contributed by atoms with E-state index in [4.69, 9.17) is 10.6 Å². The second-order valence-electron chi connectivity index (χ2n) is 4.85. The molecular weight excluding hydrogens is 274 g/mol. The highest BCUT2D eigenvalue weighted by Gasteiger charge is 2.15. The third-order valence-corrected chi connectivity index (χ3v) is 2.44. The first-order valence-electron chi connectivity index (χ1n) is 6.86. The van der Waals surface area contributed by atoms with Gasteiger partial charge in [0.1, 0.15) is 6.04 Å². The van der Waals surface area contributed by atoms with Crippen molar-refractivity contribution in [3.05, 3.63) is 0 Å². The highest BCUT2D eigenvalue weighted by molar-refractivity contribution is 5.83. The van der Waals surface area contributed by atoms with Crippen molar-refractivity contribution < 1.29 is 9.53 Å². The van der Waals surface area contributed by atoms with Crippen molar-refractivity contribution in [1.29, 1.82) is 0 Å². The Morgan fingerprint density at radius 2 is 1.90 bits per heavy atom. The summed E-state index contributed by atoms with van der Waals surface area (Å²) in [7, 11) is 0. The molecule has 0 aliphatic rings. The van der Waals surface area contributed by atoms with Crippen molar-refractivity contribution in [3.63, 3.8) is 0 Å². The van der Waals surface area contributed by atoms with Crippen LogP contribution in [0.3, 0.4) is 0 Å². The Bertz CT molecular complexity index is 467. The van der Waals surface area contributed by atoms with E-state index in [-0.39, 0.29) is 23.8 Å². The number of amides is 1. The molecule has 0 aliphatic heterocycles. The molecule has 0 aliphatic carbocycles. The van der Waals surface area contributed by atoms with Crippen LogP contribution in [0.5, 0.6) is 6.01 Å². The number of carbonyl (C=O) groups excluding carboxylic acids is 1. The second-order valence-corrected chi connectivity index (χ2v) is 4.85. The molecule has 1 amide bonds. The van der Waals surface area contributed by atoms with Crippen LogP contribution in [0.15, 0.2) is 0 Å². The minimum absolute atomic E-state index is 0.135. The van der Waals surface area contributed by atoms with Gasteiger partial charge in [-0.2, -0.15) is 15.0 Å². The molecule has 1 aromatic rings. The molecule has 9 heteroatoms. The lowest BCUT2D eigenvalue weighted by Crippen LogP contribution is -2.39. The second kappa shape index (κ2) is 8.20.